The number of sulfonamides is 1. The highest BCUT2D eigenvalue weighted by Gasteiger charge is 2.32. The van der Waals surface area contributed by atoms with Gasteiger partial charge in [0.25, 0.3) is 5.91 Å². The van der Waals surface area contributed by atoms with Gasteiger partial charge in [0.1, 0.15) is 0 Å². The Labute approximate surface area is 177 Å². The molecule has 1 amide bonds. The first-order valence-corrected chi connectivity index (χ1v) is 12.4. The Kier molecular flexibility index (Phi) is 5.90. The maximum Gasteiger partial charge on any atom is 0.258 e. The lowest BCUT2D eigenvalue weighted by molar-refractivity contribution is 0.0983. The van der Waals surface area contributed by atoms with Crippen molar-refractivity contribution in [3.05, 3.63) is 70.6 Å². The Hall–Kier alpha value is -2.49. The van der Waals surface area contributed by atoms with Gasteiger partial charge in [0, 0.05) is 30.8 Å². The monoisotopic (exact) mass is 448 g/mol. The Morgan fingerprint density at radius 3 is 2.03 bits per heavy atom. The standard InChI is InChI=1S/C21H24N2O5S2/c1-15-11-16(2)13-19(12-15)23(18-9-10-29(25,26)14-18)21(24)17-5-7-20(8-6-17)30(27,28)22(3)4/h5-13,18H,14H2,1-4H3/t18-/m0/s1. The van der Waals surface area contributed by atoms with Crippen molar-refractivity contribution in [2.24, 2.45) is 0 Å². The second kappa shape index (κ2) is 7.98. The lowest BCUT2D eigenvalue weighted by atomic mass is 10.1. The number of aryl methyl sites for hydroxylation is 2. The molecule has 0 spiro atoms. The van der Waals surface area contributed by atoms with Gasteiger partial charge in [-0.1, -0.05) is 6.07 Å². The first kappa shape index (κ1) is 22.2. The van der Waals surface area contributed by atoms with E-state index >= 15 is 0 Å². The van der Waals surface area contributed by atoms with Crippen molar-refractivity contribution in [2.75, 3.05) is 24.7 Å². The molecule has 0 saturated heterocycles. The van der Waals surface area contributed by atoms with E-state index in [9.17, 15) is 21.6 Å². The van der Waals surface area contributed by atoms with Crippen LogP contribution < -0.4 is 4.90 Å². The predicted molar refractivity (Wildman–Crippen MR) is 117 cm³/mol. The minimum Gasteiger partial charge on any atom is -0.300 e. The van der Waals surface area contributed by atoms with Crippen molar-refractivity contribution in [1.29, 1.82) is 0 Å². The highest BCUT2D eigenvalue weighted by molar-refractivity contribution is 7.94. The smallest absolute Gasteiger partial charge is 0.258 e. The molecule has 1 aliphatic rings. The van der Waals surface area contributed by atoms with Crippen LogP contribution in [0.1, 0.15) is 21.5 Å². The first-order valence-electron chi connectivity index (χ1n) is 9.26. The van der Waals surface area contributed by atoms with E-state index < -0.39 is 31.8 Å². The molecular formula is C21H24N2O5S2. The van der Waals surface area contributed by atoms with Crippen LogP contribution in [0.3, 0.4) is 0 Å². The fraction of sp³-hybridized carbons (Fsp3) is 0.286. The molecule has 9 heteroatoms. The van der Waals surface area contributed by atoms with Gasteiger partial charge in [-0.15, -0.1) is 0 Å². The van der Waals surface area contributed by atoms with Crippen LogP contribution in [0.2, 0.25) is 0 Å². The molecule has 1 atom stereocenters. The zero-order valence-electron chi connectivity index (χ0n) is 17.2. The van der Waals surface area contributed by atoms with Gasteiger partial charge in [0.2, 0.25) is 10.0 Å². The second-order valence-corrected chi connectivity index (χ2v) is 11.6. The van der Waals surface area contributed by atoms with Gasteiger partial charge in [-0.25, -0.2) is 21.1 Å². The van der Waals surface area contributed by atoms with Crippen LogP contribution in [-0.4, -0.2) is 52.9 Å². The fourth-order valence-corrected chi connectivity index (χ4v) is 5.56. The zero-order chi connectivity index (χ0) is 22.3. The summed E-state index contributed by atoms with van der Waals surface area (Å²) in [6, 6.07) is 10.6. The minimum atomic E-state index is -3.62. The van der Waals surface area contributed by atoms with Gasteiger partial charge in [-0.3, -0.25) is 4.79 Å². The number of amides is 1. The second-order valence-electron chi connectivity index (χ2n) is 7.56. The van der Waals surface area contributed by atoms with Crippen molar-refractivity contribution in [2.45, 2.75) is 24.8 Å². The van der Waals surface area contributed by atoms with Crippen LogP contribution >= 0.6 is 0 Å². The quantitative estimate of drug-likeness (QED) is 0.701. The average Bonchev–Trinajstić information content (AvgIpc) is 3.00. The van der Waals surface area contributed by atoms with Gasteiger partial charge in [-0.2, -0.15) is 0 Å². The lowest BCUT2D eigenvalue weighted by Gasteiger charge is -2.28. The molecule has 1 aliphatic heterocycles. The summed E-state index contributed by atoms with van der Waals surface area (Å²) >= 11 is 0. The summed E-state index contributed by atoms with van der Waals surface area (Å²) in [6.07, 6.45) is 1.51. The third-order valence-electron chi connectivity index (χ3n) is 4.83. The van der Waals surface area contributed by atoms with E-state index in [-0.39, 0.29) is 16.2 Å². The Bertz CT molecular complexity index is 1190. The summed E-state index contributed by atoms with van der Waals surface area (Å²) in [5, 5.41) is 1.13. The molecular weight excluding hydrogens is 424 g/mol. The van der Waals surface area contributed by atoms with Gasteiger partial charge in [0.15, 0.2) is 9.84 Å². The van der Waals surface area contributed by atoms with E-state index in [2.05, 4.69) is 0 Å². The molecule has 0 aromatic heterocycles. The molecule has 0 N–H and O–H groups in total. The van der Waals surface area contributed by atoms with Crippen molar-refractivity contribution in [3.8, 4) is 0 Å². The number of carbonyl (C=O) groups excluding carboxylic acids is 1. The number of benzene rings is 2. The molecule has 0 saturated carbocycles. The van der Waals surface area contributed by atoms with Gasteiger partial charge in [0.05, 0.1) is 16.7 Å². The van der Waals surface area contributed by atoms with Crippen LogP contribution in [0, 0.1) is 13.8 Å². The summed E-state index contributed by atoms with van der Waals surface area (Å²) in [5.74, 6) is -0.598. The summed E-state index contributed by atoms with van der Waals surface area (Å²) in [7, 11) is -4.13. The maximum atomic E-state index is 13.4. The molecule has 0 fully saturated rings. The molecule has 160 valence electrons. The Balaban J connectivity index is 2.04. The molecule has 0 radical (unpaired) electrons. The van der Waals surface area contributed by atoms with Crippen LogP contribution in [0.4, 0.5) is 5.69 Å². The number of carbonyl (C=O) groups is 1. The number of hydrogen-bond acceptors (Lipinski definition) is 5. The highest BCUT2D eigenvalue weighted by Crippen LogP contribution is 2.27. The van der Waals surface area contributed by atoms with Crippen LogP contribution in [-0.2, 0) is 19.9 Å². The minimum absolute atomic E-state index is 0.0744. The number of sulfone groups is 1. The molecule has 0 unspecified atom stereocenters. The van der Waals surface area contributed by atoms with Crippen molar-refractivity contribution in [3.63, 3.8) is 0 Å². The third-order valence-corrected chi connectivity index (χ3v) is 8.03. The molecule has 2 aromatic rings. The predicted octanol–water partition coefficient (Wildman–Crippen LogP) is 2.51. The number of anilines is 1. The van der Waals surface area contributed by atoms with Gasteiger partial charge >= 0.3 is 0 Å². The maximum absolute atomic E-state index is 13.4. The lowest BCUT2D eigenvalue weighted by Crippen LogP contribution is -2.41. The summed E-state index contributed by atoms with van der Waals surface area (Å²) in [6.45, 7) is 3.81. The zero-order valence-corrected chi connectivity index (χ0v) is 18.9. The highest BCUT2D eigenvalue weighted by atomic mass is 32.2. The molecule has 2 aromatic carbocycles. The van der Waals surface area contributed by atoms with E-state index in [1.165, 1.54) is 49.3 Å². The van der Waals surface area contributed by atoms with E-state index in [1.807, 2.05) is 32.0 Å². The molecule has 7 nitrogen and oxygen atoms in total. The normalized spacial score (nSPS) is 18.0. The SMILES string of the molecule is Cc1cc(C)cc(N(C(=O)c2ccc(S(=O)(=O)N(C)C)cc2)[C@H]2C=CS(=O)(=O)C2)c1. The first-order chi connectivity index (χ1) is 13.9. The van der Waals surface area contributed by atoms with E-state index in [0.717, 1.165) is 20.8 Å². The summed E-state index contributed by atoms with van der Waals surface area (Å²) in [5.41, 5.74) is 2.75. The number of nitrogens with zero attached hydrogens (tertiary/aromatic N) is 2. The molecule has 1 heterocycles. The number of hydrogen-bond donors (Lipinski definition) is 0. The molecule has 0 aliphatic carbocycles. The average molecular weight is 449 g/mol. The fourth-order valence-electron chi connectivity index (χ4n) is 3.39. The topological polar surface area (TPSA) is 91.8 Å². The Morgan fingerprint density at radius 2 is 1.57 bits per heavy atom. The third kappa shape index (κ3) is 4.48. The summed E-state index contributed by atoms with van der Waals surface area (Å²) in [4.78, 5) is 14.9. The van der Waals surface area contributed by atoms with Crippen molar-refractivity contribution in [1.82, 2.24) is 4.31 Å². The Morgan fingerprint density at radius 1 is 1.00 bits per heavy atom. The van der Waals surface area contributed by atoms with Crippen LogP contribution in [0.15, 0.2) is 58.8 Å². The largest absolute Gasteiger partial charge is 0.300 e. The van der Waals surface area contributed by atoms with Crippen molar-refractivity contribution >= 4 is 31.5 Å². The van der Waals surface area contributed by atoms with Gasteiger partial charge in [-0.05, 0) is 67.4 Å². The molecule has 3 rings (SSSR count). The van der Waals surface area contributed by atoms with Crippen molar-refractivity contribution < 1.29 is 21.6 Å². The molecule has 30 heavy (non-hydrogen) atoms. The van der Waals surface area contributed by atoms with E-state index in [0.29, 0.717) is 5.69 Å². The van der Waals surface area contributed by atoms with E-state index in [1.54, 1.807) is 0 Å². The van der Waals surface area contributed by atoms with Gasteiger partial charge < -0.3 is 4.90 Å². The van der Waals surface area contributed by atoms with E-state index in [4.69, 9.17) is 0 Å². The molecule has 0 bridgehead atoms. The van der Waals surface area contributed by atoms with Crippen LogP contribution in [0.5, 0.6) is 0 Å². The number of rotatable bonds is 5. The van der Waals surface area contributed by atoms with Crippen LogP contribution in [0.25, 0.3) is 0 Å². The summed E-state index contributed by atoms with van der Waals surface area (Å²) < 4.78 is 49.6.